The molecule has 3 nitrogen and oxygen atoms in total. The molecule has 0 atom stereocenters. The predicted molar refractivity (Wildman–Crippen MR) is 72.0 cm³/mol. The van der Waals surface area contributed by atoms with Crippen molar-refractivity contribution in [2.75, 3.05) is 0 Å². The van der Waals surface area contributed by atoms with Crippen molar-refractivity contribution in [2.45, 2.75) is 26.7 Å². The van der Waals surface area contributed by atoms with Gasteiger partial charge in [0.15, 0.2) is 0 Å². The Labute approximate surface area is 112 Å². The van der Waals surface area contributed by atoms with Crippen LogP contribution in [0.15, 0.2) is 24.3 Å². The van der Waals surface area contributed by atoms with Crippen LogP contribution in [0.3, 0.4) is 0 Å². The predicted octanol–water partition coefficient (Wildman–Crippen LogP) is 3.52. The van der Waals surface area contributed by atoms with Crippen molar-refractivity contribution in [3.05, 3.63) is 46.2 Å². The summed E-state index contributed by atoms with van der Waals surface area (Å²) in [6.45, 7) is 4.18. The van der Waals surface area contributed by atoms with Crippen LogP contribution < -0.4 is 0 Å². The fourth-order valence-corrected chi connectivity index (χ4v) is 2.07. The molecule has 92 valence electrons. The SMILES string of the molecule is CCc1cc(CC)n(-c2ccc(C#N)c(Cl)c2)n1. The van der Waals surface area contributed by atoms with E-state index in [1.54, 1.807) is 12.1 Å². The zero-order valence-electron chi connectivity index (χ0n) is 10.4. The molecule has 0 unspecified atom stereocenters. The maximum Gasteiger partial charge on any atom is 0.101 e. The summed E-state index contributed by atoms with van der Waals surface area (Å²) in [6, 6.07) is 9.54. The van der Waals surface area contributed by atoms with Gasteiger partial charge in [0.2, 0.25) is 0 Å². The first-order valence-electron chi connectivity index (χ1n) is 5.97. The zero-order valence-corrected chi connectivity index (χ0v) is 11.2. The second-order valence-electron chi connectivity index (χ2n) is 4.02. The minimum atomic E-state index is 0.464. The number of hydrogen-bond donors (Lipinski definition) is 0. The molecule has 0 fully saturated rings. The van der Waals surface area contributed by atoms with Crippen molar-refractivity contribution in [1.82, 2.24) is 9.78 Å². The maximum atomic E-state index is 8.87. The van der Waals surface area contributed by atoms with E-state index in [-0.39, 0.29) is 0 Å². The highest BCUT2D eigenvalue weighted by molar-refractivity contribution is 6.31. The van der Waals surface area contributed by atoms with Gasteiger partial charge in [-0.2, -0.15) is 10.4 Å². The van der Waals surface area contributed by atoms with E-state index in [4.69, 9.17) is 16.9 Å². The number of benzene rings is 1. The van der Waals surface area contributed by atoms with Crippen molar-refractivity contribution in [3.8, 4) is 11.8 Å². The summed E-state index contributed by atoms with van der Waals surface area (Å²) in [5, 5.41) is 13.9. The average molecular weight is 260 g/mol. The molecule has 2 aromatic rings. The maximum absolute atomic E-state index is 8.87. The highest BCUT2D eigenvalue weighted by Crippen LogP contribution is 2.21. The van der Waals surface area contributed by atoms with Crippen LogP contribution in [0, 0.1) is 11.3 Å². The van der Waals surface area contributed by atoms with Crippen LogP contribution in [0.2, 0.25) is 5.02 Å². The number of rotatable bonds is 3. The molecule has 0 amide bonds. The third-order valence-corrected chi connectivity index (χ3v) is 3.19. The van der Waals surface area contributed by atoms with Gasteiger partial charge in [0.05, 0.1) is 22.0 Å². The van der Waals surface area contributed by atoms with Crippen LogP contribution in [0.1, 0.15) is 30.8 Å². The van der Waals surface area contributed by atoms with Crippen LogP contribution in [0.5, 0.6) is 0 Å². The molecule has 0 aliphatic heterocycles. The average Bonchev–Trinajstić information content (AvgIpc) is 2.82. The first-order chi connectivity index (χ1) is 8.69. The van der Waals surface area contributed by atoms with E-state index in [9.17, 15) is 0 Å². The van der Waals surface area contributed by atoms with Crippen molar-refractivity contribution in [1.29, 1.82) is 5.26 Å². The first kappa shape index (κ1) is 12.7. The number of nitriles is 1. The lowest BCUT2D eigenvalue weighted by molar-refractivity contribution is 0.794. The van der Waals surface area contributed by atoms with E-state index < -0.39 is 0 Å². The van der Waals surface area contributed by atoms with Gasteiger partial charge >= 0.3 is 0 Å². The molecule has 0 saturated carbocycles. The summed E-state index contributed by atoms with van der Waals surface area (Å²) < 4.78 is 1.89. The van der Waals surface area contributed by atoms with Gasteiger partial charge in [-0.3, -0.25) is 0 Å². The van der Waals surface area contributed by atoms with Gasteiger partial charge in [-0.15, -0.1) is 0 Å². The normalized spacial score (nSPS) is 10.3. The molecule has 0 N–H and O–H groups in total. The zero-order chi connectivity index (χ0) is 13.1. The van der Waals surface area contributed by atoms with Crippen LogP contribution in [-0.2, 0) is 12.8 Å². The molecule has 0 spiro atoms. The topological polar surface area (TPSA) is 41.6 Å². The number of aryl methyl sites for hydroxylation is 2. The summed E-state index contributed by atoms with van der Waals surface area (Å²) in [5.41, 5.74) is 3.59. The minimum Gasteiger partial charge on any atom is -0.238 e. The number of aromatic nitrogens is 2. The number of nitrogens with zero attached hydrogens (tertiary/aromatic N) is 3. The summed E-state index contributed by atoms with van der Waals surface area (Å²) in [5.74, 6) is 0. The van der Waals surface area contributed by atoms with Gasteiger partial charge < -0.3 is 0 Å². The molecule has 0 aliphatic carbocycles. The lowest BCUT2D eigenvalue weighted by Crippen LogP contribution is -2.01. The van der Waals surface area contributed by atoms with Crippen molar-refractivity contribution in [2.24, 2.45) is 0 Å². The Hall–Kier alpha value is -1.79. The largest absolute Gasteiger partial charge is 0.238 e. The van der Waals surface area contributed by atoms with Crippen molar-refractivity contribution < 1.29 is 0 Å². The molecule has 4 heteroatoms. The van der Waals surface area contributed by atoms with E-state index in [2.05, 4.69) is 31.1 Å². The van der Waals surface area contributed by atoms with Gasteiger partial charge in [0.1, 0.15) is 6.07 Å². The third-order valence-electron chi connectivity index (χ3n) is 2.88. The Morgan fingerprint density at radius 3 is 2.61 bits per heavy atom. The Morgan fingerprint density at radius 2 is 2.06 bits per heavy atom. The Kier molecular flexibility index (Phi) is 3.69. The van der Waals surface area contributed by atoms with Crippen LogP contribution in [0.25, 0.3) is 5.69 Å². The smallest absolute Gasteiger partial charge is 0.101 e. The molecule has 18 heavy (non-hydrogen) atoms. The monoisotopic (exact) mass is 259 g/mol. The highest BCUT2D eigenvalue weighted by atomic mass is 35.5. The lowest BCUT2D eigenvalue weighted by Gasteiger charge is -2.06. The van der Waals surface area contributed by atoms with Crippen LogP contribution in [-0.4, -0.2) is 9.78 Å². The number of halogens is 1. The van der Waals surface area contributed by atoms with E-state index >= 15 is 0 Å². The van der Waals surface area contributed by atoms with Gasteiger partial charge in [-0.1, -0.05) is 25.4 Å². The molecule has 0 bridgehead atoms. The van der Waals surface area contributed by atoms with E-state index in [0.717, 1.165) is 29.9 Å². The standard InChI is InChI=1S/C14H14ClN3/c1-3-11-7-12(4-2)18(17-11)13-6-5-10(9-16)14(15)8-13/h5-8H,3-4H2,1-2H3. The van der Waals surface area contributed by atoms with Gasteiger partial charge in [0, 0.05) is 5.69 Å². The first-order valence-corrected chi connectivity index (χ1v) is 6.35. The highest BCUT2D eigenvalue weighted by Gasteiger charge is 2.09. The second-order valence-corrected chi connectivity index (χ2v) is 4.43. The van der Waals surface area contributed by atoms with E-state index in [0.29, 0.717) is 10.6 Å². The molecule has 0 saturated heterocycles. The fourth-order valence-electron chi connectivity index (χ4n) is 1.85. The second kappa shape index (κ2) is 5.24. The lowest BCUT2D eigenvalue weighted by atomic mass is 10.2. The Balaban J connectivity index is 2.51. The third kappa shape index (κ3) is 2.25. The van der Waals surface area contributed by atoms with Crippen LogP contribution in [0.4, 0.5) is 0 Å². The molecular formula is C14H14ClN3. The molecule has 2 rings (SSSR count). The van der Waals surface area contributed by atoms with E-state index in [1.165, 1.54) is 0 Å². The number of hydrogen-bond acceptors (Lipinski definition) is 2. The van der Waals surface area contributed by atoms with Crippen molar-refractivity contribution >= 4 is 11.6 Å². The summed E-state index contributed by atoms with van der Waals surface area (Å²) in [6.07, 6.45) is 1.81. The minimum absolute atomic E-state index is 0.464. The summed E-state index contributed by atoms with van der Waals surface area (Å²) in [4.78, 5) is 0. The fraction of sp³-hybridized carbons (Fsp3) is 0.286. The summed E-state index contributed by atoms with van der Waals surface area (Å²) in [7, 11) is 0. The molecule has 0 aliphatic rings. The Bertz CT molecular complexity index is 608. The quantitative estimate of drug-likeness (QED) is 0.846. The van der Waals surface area contributed by atoms with E-state index in [1.807, 2.05) is 10.7 Å². The van der Waals surface area contributed by atoms with Gasteiger partial charge in [-0.05, 0) is 37.1 Å². The van der Waals surface area contributed by atoms with Crippen LogP contribution >= 0.6 is 11.6 Å². The summed E-state index contributed by atoms with van der Waals surface area (Å²) >= 11 is 6.05. The van der Waals surface area contributed by atoms with Crippen molar-refractivity contribution in [3.63, 3.8) is 0 Å². The Morgan fingerprint density at radius 1 is 1.28 bits per heavy atom. The molecular weight excluding hydrogens is 246 g/mol. The molecule has 1 heterocycles. The molecule has 1 aromatic carbocycles. The van der Waals surface area contributed by atoms with Gasteiger partial charge in [-0.25, -0.2) is 4.68 Å². The molecule has 1 aromatic heterocycles. The molecule has 0 radical (unpaired) electrons. The van der Waals surface area contributed by atoms with Gasteiger partial charge in [0.25, 0.3) is 0 Å².